The quantitative estimate of drug-likeness (QED) is 0.821. The van der Waals surface area contributed by atoms with Crippen molar-refractivity contribution in [2.45, 2.75) is 19.3 Å². The molecule has 0 radical (unpaired) electrons. The number of carbonyl (C=O) groups excluding carboxylic acids is 1. The Morgan fingerprint density at radius 2 is 1.71 bits per heavy atom. The van der Waals surface area contributed by atoms with Crippen molar-refractivity contribution in [1.82, 2.24) is 10.2 Å². The van der Waals surface area contributed by atoms with E-state index in [0.29, 0.717) is 29.6 Å². The third kappa shape index (κ3) is 4.32. The van der Waals surface area contributed by atoms with Crippen LogP contribution in [0.2, 0.25) is 0 Å². The first-order valence-corrected chi connectivity index (χ1v) is 8.34. The fourth-order valence-electron chi connectivity index (χ4n) is 3.20. The molecule has 0 aliphatic carbocycles. The molecule has 0 spiro atoms. The Hall–Kier alpha value is -1.95. The van der Waals surface area contributed by atoms with E-state index in [4.69, 9.17) is 14.2 Å². The van der Waals surface area contributed by atoms with Gasteiger partial charge in [-0.3, -0.25) is 4.79 Å². The Morgan fingerprint density at radius 3 is 2.17 bits per heavy atom. The van der Waals surface area contributed by atoms with Crippen LogP contribution in [0.5, 0.6) is 17.2 Å². The third-order valence-corrected chi connectivity index (χ3v) is 4.54. The summed E-state index contributed by atoms with van der Waals surface area (Å²) < 4.78 is 16.0. The Bertz CT molecular complexity index is 529. The van der Waals surface area contributed by atoms with Gasteiger partial charge in [0.05, 0.1) is 27.8 Å². The minimum atomic E-state index is 0.146. The highest BCUT2D eigenvalue weighted by Gasteiger charge is 2.23. The van der Waals surface area contributed by atoms with E-state index in [2.05, 4.69) is 5.32 Å². The summed E-state index contributed by atoms with van der Waals surface area (Å²) in [7, 11) is 6.70. The number of methoxy groups -OCH3 is 3. The van der Waals surface area contributed by atoms with E-state index in [-0.39, 0.29) is 5.91 Å². The van der Waals surface area contributed by atoms with Crippen LogP contribution < -0.4 is 19.5 Å². The summed E-state index contributed by atoms with van der Waals surface area (Å²) in [5.74, 6) is 2.51. The standard InChI is InChI=1S/C18H28N2O4/c1-19-12-13-5-7-20(8-6-13)17(21)11-14-9-15(22-2)18(24-4)16(10-14)23-3/h9-10,13,19H,5-8,11-12H2,1-4H3. The maximum absolute atomic E-state index is 12.6. The van der Waals surface area contributed by atoms with E-state index in [1.54, 1.807) is 21.3 Å². The minimum Gasteiger partial charge on any atom is -0.493 e. The summed E-state index contributed by atoms with van der Waals surface area (Å²) in [6.07, 6.45) is 2.46. The molecule has 6 heteroatoms. The second kappa shape index (κ2) is 8.78. The van der Waals surface area contributed by atoms with E-state index < -0.39 is 0 Å². The van der Waals surface area contributed by atoms with Crippen molar-refractivity contribution in [3.63, 3.8) is 0 Å². The zero-order chi connectivity index (χ0) is 17.5. The summed E-state index contributed by atoms with van der Waals surface area (Å²) in [6, 6.07) is 3.68. The molecule has 1 aromatic carbocycles. The number of nitrogens with zero attached hydrogens (tertiary/aromatic N) is 1. The topological polar surface area (TPSA) is 60.0 Å². The van der Waals surface area contributed by atoms with Crippen LogP contribution in [0.25, 0.3) is 0 Å². The number of nitrogens with one attached hydrogen (secondary N) is 1. The first kappa shape index (κ1) is 18.4. The molecule has 0 unspecified atom stereocenters. The third-order valence-electron chi connectivity index (χ3n) is 4.54. The molecule has 0 bridgehead atoms. The zero-order valence-corrected chi connectivity index (χ0v) is 15.1. The van der Waals surface area contributed by atoms with Crippen molar-refractivity contribution in [2.24, 2.45) is 5.92 Å². The Morgan fingerprint density at radius 1 is 1.12 bits per heavy atom. The van der Waals surface area contributed by atoms with Crippen molar-refractivity contribution in [3.05, 3.63) is 17.7 Å². The normalized spacial score (nSPS) is 15.2. The predicted molar refractivity (Wildman–Crippen MR) is 93.0 cm³/mol. The van der Waals surface area contributed by atoms with Crippen molar-refractivity contribution in [3.8, 4) is 17.2 Å². The van der Waals surface area contributed by atoms with E-state index in [1.807, 2.05) is 24.1 Å². The lowest BCUT2D eigenvalue weighted by molar-refractivity contribution is -0.131. The number of carbonyl (C=O) groups is 1. The van der Waals surface area contributed by atoms with Crippen LogP contribution in [0.1, 0.15) is 18.4 Å². The van der Waals surface area contributed by atoms with Gasteiger partial charge in [0.25, 0.3) is 0 Å². The Kier molecular flexibility index (Phi) is 6.73. The maximum atomic E-state index is 12.6. The SMILES string of the molecule is CNCC1CCN(C(=O)Cc2cc(OC)c(OC)c(OC)c2)CC1. The lowest BCUT2D eigenvalue weighted by Gasteiger charge is -2.32. The average Bonchev–Trinajstić information content (AvgIpc) is 2.61. The van der Waals surface area contributed by atoms with Crippen LogP contribution in [0.15, 0.2) is 12.1 Å². The van der Waals surface area contributed by atoms with Crippen molar-refractivity contribution < 1.29 is 19.0 Å². The molecule has 0 saturated carbocycles. The summed E-state index contributed by atoms with van der Waals surface area (Å²) in [5.41, 5.74) is 0.867. The fourth-order valence-corrected chi connectivity index (χ4v) is 3.20. The van der Waals surface area contributed by atoms with Gasteiger partial charge in [-0.1, -0.05) is 0 Å². The van der Waals surface area contributed by atoms with Crippen LogP contribution in [0, 0.1) is 5.92 Å². The lowest BCUT2D eigenvalue weighted by Crippen LogP contribution is -2.41. The fraction of sp³-hybridized carbons (Fsp3) is 0.611. The van der Waals surface area contributed by atoms with Gasteiger partial charge in [0, 0.05) is 13.1 Å². The molecular weight excluding hydrogens is 308 g/mol. The van der Waals surface area contributed by atoms with Gasteiger partial charge in [-0.25, -0.2) is 0 Å². The van der Waals surface area contributed by atoms with E-state index in [1.165, 1.54) is 0 Å². The number of rotatable bonds is 7. The number of hydrogen-bond acceptors (Lipinski definition) is 5. The number of amides is 1. The molecule has 1 aliphatic rings. The number of ether oxygens (including phenoxy) is 3. The molecule has 1 N–H and O–H groups in total. The number of benzene rings is 1. The van der Waals surface area contributed by atoms with E-state index in [9.17, 15) is 4.79 Å². The van der Waals surface area contributed by atoms with Gasteiger partial charge in [-0.15, -0.1) is 0 Å². The van der Waals surface area contributed by atoms with Crippen LogP contribution in [-0.2, 0) is 11.2 Å². The highest BCUT2D eigenvalue weighted by Crippen LogP contribution is 2.38. The first-order valence-electron chi connectivity index (χ1n) is 8.34. The molecule has 6 nitrogen and oxygen atoms in total. The molecular formula is C18H28N2O4. The van der Waals surface area contributed by atoms with Gasteiger partial charge in [-0.05, 0) is 50.0 Å². The van der Waals surface area contributed by atoms with Crippen LogP contribution >= 0.6 is 0 Å². The van der Waals surface area contributed by atoms with Crippen molar-refractivity contribution in [1.29, 1.82) is 0 Å². The van der Waals surface area contributed by atoms with Gasteiger partial charge >= 0.3 is 0 Å². The van der Waals surface area contributed by atoms with E-state index >= 15 is 0 Å². The molecule has 1 fully saturated rings. The van der Waals surface area contributed by atoms with Crippen LogP contribution in [-0.4, -0.2) is 58.8 Å². The van der Waals surface area contributed by atoms with Gasteiger partial charge in [0.2, 0.25) is 11.7 Å². The molecule has 1 aromatic rings. The first-order chi connectivity index (χ1) is 11.6. The highest BCUT2D eigenvalue weighted by atomic mass is 16.5. The molecule has 1 heterocycles. The predicted octanol–water partition coefficient (Wildman–Crippen LogP) is 1.71. The van der Waals surface area contributed by atoms with Crippen LogP contribution in [0.3, 0.4) is 0 Å². The number of likely N-dealkylation sites (tertiary alicyclic amines) is 1. The molecule has 2 rings (SSSR count). The van der Waals surface area contributed by atoms with Gasteiger partial charge in [-0.2, -0.15) is 0 Å². The van der Waals surface area contributed by atoms with Crippen LogP contribution in [0.4, 0.5) is 0 Å². The largest absolute Gasteiger partial charge is 0.493 e. The summed E-state index contributed by atoms with van der Waals surface area (Å²) in [6.45, 7) is 2.68. The smallest absolute Gasteiger partial charge is 0.226 e. The second-order valence-electron chi connectivity index (χ2n) is 6.09. The zero-order valence-electron chi connectivity index (χ0n) is 15.1. The van der Waals surface area contributed by atoms with Gasteiger partial charge in [0.15, 0.2) is 11.5 Å². The van der Waals surface area contributed by atoms with Gasteiger partial charge in [0.1, 0.15) is 0 Å². The summed E-state index contributed by atoms with van der Waals surface area (Å²) in [4.78, 5) is 14.5. The summed E-state index contributed by atoms with van der Waals surface area (Å²) >= 11 is 0. The van der Waals surface area contributed by atoms with Gasteiger partial charge < -0.3 is 24.4 Å². The second-order valence-corrected chi connectivity index (χ2v) is 6.09. The maximum Gasteiger partial charge on any atom is 0.226 e. The Balaban J connectivity index is 2.04. The Labute approximate surface area is 144 Å². The molecule has 1 amide bonds. The number of hydrogen-bond donors (Lipinski definition) is 1. The molecule has 24 heavy (non-hydrogen) atoms. The molecule has 1 saturated heterocycles. The summed E-state index contributed by atoms with van der Waals surface area (Å²) in [5, 5.41) is 3.21. The lowest BCUT2D eigenvalue weighted by atomic mass is 9.96. The molecule has 134 valence electrons. The van der Waals surface area contributed by atoms with E-state index in [0.717, 1.165) is 38.0 Å². The monoisotopic (exact) mass is 336 g/mol. The average molecular weight is 336 g/mol. The minimum absolute atomic E-state index is 0.146. The molecule has 1 aliphatic heterocycles. The molecule has 0 atom stereocenters. The molecule has 0 aromatic heterocycles. The number of piperidine rings is 1. The van der Waals surface area contributed by atoms with Crippen molar-refractivity contribution >= 4 is 5.91 Å². The highest BCUT2D eigenvalue weighted by molar-refractivity contribution is 5.79. The van der Waals surface area contributed by atoms with Crippen molar-refractivity contribution in [2.75, 3.05) is 48.0 Å².